The van der Waals surface area contributed by atoms with Crippen LogP contribution in [0.3, 0.4) is 0 Å². The number of hydroxylamine groups is 1. The molecule has 0 bridgehead atoms. The van der Waals surface area contributed by atoms with E-state index in [1.54, 1.807) is 36.4 Å². The van der Waals surface area contributed by atoms with Gasteiger partial charge in [0, 0.05) is 23.2 Å². The van der Waals surface area contributed by atoms with Gasteiger partial charge >= 0.3 is 0 Å². The van der Waals surface area contributed by atoms with Crippen molar-refractivity contribution < 1.29 is 28.7 Å². The van der Waals surface area contributed by atoms with Gasteiger partial charge in [-0.3, -0.25) is 14.8 Å². The van der Waals surface area contributed by atoms with Crippen molar-refractivity contribution in [3.63, 3.8) is 0 Å². The number of nitrogens with one attached hydrogen (secondary N) is 3. The summed E-state index contributed by atoms with van der Waals surface area (Å²) >= 11 is 0. The lowest BCUT2D eigenvalue weighted by Crippen LogP contribution is -2.57. The molecular weight excluding hydrogens is 420 g/mol. The molecule has 0 aliphatic carbocycles. The average Bonchev–Trinajstić information content (AvgIpc) is 2.75. The highest BCUT2D eigenvalue weighted by atomic mass is 19.3. The summed E-state index contributed by atoms with van der Waals surface area (Å²) in [4.78, 5) is 24.1. The number of amides is 2. The Morgan fingerprint density at radius 1 is 1.00 bits per heavy atom. The van der Waals surface area contributed by atoms with Crippen molar-refractivity contribution >= 4 is 11.8 Å². The standard InChI is InChI=1S/C23H25F2N3O4/c1-23(2,31)20(22(30)28-32)27-21(29)18-11-9-16(10-12-18)4-3-15-5-7-17(8-6-15)13-26-14-19(24)25/h5-12,19-20,26,31-32H,13-14H2,1-2H3,(H,27,29)(H,28,30). The molecule has 5 N–H and O–H groups in total. The first-order valence-corrected chi connectivity index (χ1v) is 9.77. The van der Waals surface area contributed by atoms with Crippen molar-refractivity contribution in [3.8, 4) is 11.8 Å². The van der Waals surface area contributed by atoms with Gasteiger partial charge in [-0.1, -0.05) is 24.0 Å². The van der Waals surface area contributed by atoms with Crippen LogP contribution in [-0.2, 0) is 11.3 Å². The fourth-order valence-electron chi connectivity index (χ4n) is 2.72. The topological polar surface area (TPSA) is 111 Å². The van der Waals surface area contributed by atoms with Gasteiger partial charge in [0.2, 0.25) is 0 Å². The molecule has 7 nitrogen and oxygen atoms in total. The number of rotatable bonds is 8. The van der Waals surface area contributed by atoms with Crippen molar-refractivity contribution in [2.24, 2.45) is 0 Å². The molecule has 2 rings (SSSR count). The van der Waals surface area contributed by atoms with Crippen molar-refractivity contribution in [2.75, 3.05) is 6.54 Å². The maximum Gasteiger partial charge on any atom is 0.268 e. The molecule has 2 aromatic rings. The SMILES string of the molecule is CC(C)(O)C(NC(=O)c1ccc(C#Cc2ccc(CNCC(F)F)cc2)cc1)C(=O)NO. The number of halogens is 2. The number of carbonyl (C=O) groups excluding carboxylic acids is 2. The molecule has 0 heterocycles. The Morgan fingerprint density at radius 3 is 2.00 bits per heavy atom. The van der Waals surface area contributed by atoms with Crippen LogP contribution in [-0.4, -0.2) is 46.7 Å². The third-order valence-electron chi connectivity index (χ3n) is 4.43. The third-order valence-corrected chi connectivity index (χ3v) is 4.43. The normalized spacial score (nSPS) is 12.0. The second-order valence-corrected chi connectivity index (χ2v) is 7.58. The molecule has 0 saturated heterocycles. The Hall–Kier alpha value is -3.32. The molecule has 32 heavy (non-hydrogen) atoms. The maximum absolute atomic E-state index is 12.4. The molecule has 2 amide bonds. The minimum absolute atomic E-state index is 0.246. The van der Waals surface area contributed by atoms with Gasteiger partial charge in [-0.15, -0.1) is 0 Å². The van der Waals surface area contributed by atoms with Crippen LogP contribution >= 0.6 is 0 Å². The van der Waals surface area contributed by atoms with E-state index in [0.717, 1.165) is 11.1 Å². The number of hydrogen-bond donors (Lipinski definition) is 5. The monoisotopic (exact) mass is 445 g/mol. The summed E-state index contributed by atoms with van der Waals surface area (Å²) in [6, 6.07) is 12.1. The Balaban J connectivity index is 2.00. The van der Waals surface area contributed by atoms with E-state index in [-0.39, 0.29) is 12.1 Å². The Labute approximate surface area is 184 Å². The zero-order valence-electron chi connectivity index (χ0n) is 17.7. The first kappa shape index (κ1) is 24.9. The van der Waals surface area contributed by atoms with Gasteiger partial charge in [-0.25, -0.2) is 14.3 Å². The van der Waals surface area contributed by atoms with Crippen LogP contribution in [0.25, 0.3) is 0 Å². The molecule has 0 radical (unpaired) electrons. The lowest BCUT2D eigenvalue weighted by atomic mass is 9.97. The molecule has 9 heteroatoms. The molecule has 0 spiro atoms. The minimum atomic E-state index is -2.39. The predicted molar refractivity (Wildman–Crippen MR) is 114 cm³/mol. The largest absolute Gasteiger partial charge is 0.388 e. The van der Waals surface area contributed by atoms with E-state index in [1.807, 2.05) is 0 Å². The maximum atomic E-state index is 12.4. The highest BCUT2D eigenvalue weighted by molar-refractivity contribution is 5.97. The number of hydrogen-bond acceptors (Lipinski definition) is 5. The van der Waals surface area contributed by atoms with Crippen LogP contribution in [0.4, 0.5) is 8.78 Å². The Bertz CT molecular complexity index is 976. The van der Waals surface area contributed by atoms with Crippen LogP contribution in [0.5, 0.6) is 0 Å². The summed E-state index contributed by atoms with van der Waals surface area (Å²) in [7, 11) is 0. The summed E-state index contributed by atoms with van der Waals surface area (Å²) < 4.78 is 24.3. The highest BCUT2D eigenvalue weighted by Crippen LogP contribution is 2.11. The van der Waals surface area contributed by atoms with Gasteiger partial charge < -0.3 is 15.7 Å². The summed E-state index contributed by atoms with van der Waals surface area (Å²) in [5.74, 6) is 4.40. The van der Waals surface area contributed by atoms with Gasteiger partial charge in [0.15, 0.2) is 0 Å². The van der Waals surface area contributed by atoms with Crippen molar-refractivity contribution in [3.05, 3.63) is 70.8 Å². The van der Waals surface area contributed by atoms with E-state index in [1.165, 1.54) is 31.5 Å². The molecule has 0 aromatic heterocycles. The zero-order chi connectivity index (χ0) is 23.7. The molecule has 0 fully saturated rings. The Morgan fingerprint density at radius 2 is 1.53 bits per heavy atom. The number of aliphatic hydroxyl groups is 1. The first-order valence-electron chi connectivity index (χ1n) is 9.77. The second-order valence-electron chi connectivity index (χ2n) is 7.58. The third kappa shape index (κ3) is 7.74. The lowest BCUT2D eigenvalue weighted by Gasteiger charge is -2.28. The summed E-state index contributed by atoms with van der Waals surface area (Å²) in [6.45, 7) is 2.65. The van der Waals surface area contributed by atoms with E-state index in [0.29, 0.717) is 12.1 Å². The molecular formula is C23H25F2N3O4. The van der Waals surface area contributed by atoms with Crippen LogP contribution in [0.15, 0.2) is 48.5 Å². The summed E-state index contributed by atoms with van der Waals surface area (Å²) in [6.07, 6.45) is -2.39. The minimum Gasteiger partial charge on any atom is -0.388 e. The van der Waals surface area contributed by atoms with Crippen LogP contribution in [0.2, 0.25) is 0 Å². The van der Waals surface area contributed by atoms with Crippen molar-refractivity contribution in [1.29, 1.82) is 0 Å². The summed E-state index contributed by atoms with van der Waals surface area (Å²) in [5, 5.41) is 23.9. The van der Waals surface area contributed by atoms with Gasteiger partial charge in [-0.2, -0.15) is 0 Å². The van der Waals surface area contributed by atoms with Crippen molar-refractivity contribution in [2.45, 2.75) is 38.5 Å². The molecule has 1 unspecified atom stereocenters. The van der Waals surface area contributed by atoms with Gasteiger partial charge in [-0.05, 0) is 55.8 Å². The molecule has 1 atom stereocenters. The van der Waals surface area contributed by atoms with Crippen LogP contribution in [0, 0.1) is 11.8 Å². The summed E-state index contributed by atoms with van der Waals surface area (Å²) in [5.41, 5.74) is 2.33. The highest BCUT2D eigenvalue weighted by Gasteiger charge is 2.34. The Kier molecular flexibility index (Phi) is 8.84. The lowest BCUT2D eigenvalue weighted by molar-refractivity contribution is -0.136. The first-order chi connectivity index (χ1) is 15.1. The van der Waals surface area contributed by atoms with Gasteiger partial charge in [0.1, 0.15) is 6.04 Å². The fourth-order valence-corrected chi connectivity index (χ4v) is 2.72. The van der Waals surface area contributed by atoms with Gasteiger partial charge in [0.05, 0.1) is 12.1 Å². The van der Waals surface area contributed by atoms with E-state index in [2.05, 4.69) is 22.5 Å². The van der Waals surface area contributed by atoms with E-state index in [9.17, 15) is 23.5 Å². The molecule has 0 saturated carbocycles. The molecule has 170 valence electrons. The quantitative estimate of drug-likeness (QED) is 0.242. The second kappa shape index (κ2) is 11.3. The van der Waals surface area contributed by atoms with E-state index in [4.69, 9.17) is 5.21 Å². The van der Waals surface area contributed by atoms with Crippen molar-refractivity contribution in [1.82, 2.24) is 16.1 Å². The average molecular weight is 445 g/mol. The predicted octanol–water partition coefficient (Wildman–Crippen LogP) is 1.82. The number of benzene rings is 2. The van der Waals surface area contributed by atoms with E-state index < -0.39 is 29.9 Å². The molecule has 0 aliphatic rings. The number of alkyl halides is 2. The molecule has 0 aliphatic heterocycles. The van der Waals surface area contributed by atoms with Gasteiger partial charge in [0.25, 0.3) is 18.2 Å². The van der Waals surface area contributed by atoms with Crippen LogP contribution in [0.1, 0.15) is 40.9 Å². The number of carbonyl (C=O) groups is 2. The fraction of sp³-hybridized carbons (Fsp3) is 0.304. The van der Waals surface area contributed by atoms with E-state index >= 15 is 0 Å². The molecule has 2 aromatic carbocycles. The smallest absolute Gasteiger partial charge is 0.268 e. The zero-order valence-corrected chi connectivity index (χ0v) is 17.7. The van der Waals surface area contributed by atoms with Crippen LogP contribution < -0.4 is 16.1 Å².